The molecule has 0 atom stereocenters. The fourth-order valence-electron chi connectivity index (χ4n) is 2.30. The smallest absolute Gasteiger partial charge is 0.251 e. The van der Waals surface area contributed by atoms with E-state index in [4.69, 9.17) is 0 Å². The van der Waals surface area contributed by atoms with Crippen LogP contribution in [0.1, 0.15) is 16.1 Å². The Kier molecular flexibility index (Phi) is 3.97. The first kappa shape index (κ1) is 14.9. The Morgan fingerprint density at radius 1 is 1.08 bits per heavy atom. The number of fused-ring (bicyclic) bond motifs is 1. The van der Waals surface area contributed by atoms with Gasteiger partial charge in [0.1, 0.15) is 16.7 Å². The first-order valence-electron chi connectivity index (χ1n) is 7.15. The molecule has 3 heterocycles. The zero-order chi connectivity index (χ0) is 16.4. The van der Waals surface area contributed by atoms with Gasteiger partial charge in [0.05, 0.1) is 28.8 Å². The third-order valence-electron chi connectivity index (χ3n) is 3.46. The minimum absolute atomic E-state index is 0.173. The normalized spacial score (nSPS) is 10.8. The van der Waals surface area contributed by atoms with Crippen LogP contribution in [-0.2, 0) is 6.54 Å². The number of hydrogen-bond donors (Lipinski definition) is 1. The van der Waals surface area contributed by atoms with Crippen molar-refractivity contribution in [3.05, 3.63) is 59.4 Å². The first-order chi connectivity index (χ1) is 11.8. The van der Waals surface area contributed by atoms with E-state index in [2.05, 4.69) is 24.0 Å². The van der Waals surface area contributed by atoms with Gasteiger partial charge in [0.2, 0.25) is 0 Å². The second kappa shape index (κ2) is 6.42. The van der Waals surface area contributed by atoms with E-state index in [1.54, 1.807) is 41.9 Å². The van der Waals surface area contributed by atoms with Crippen molar-refractivity contribution in [2.24, 2.45) is 0 Å². The third kappa shape index (κ3) is 2.89. The molecule has 0 aliphatic carbocycles. The van der Waals surface area contributed by atoms with Crippen molar-refractivity contribution in [1.82, 2.24) is 24.0 Å². The summed E-state index contributed by atoms with van der Waals surface area (Å²) >= 11 is 2.73. The average molecular weight is 353 g/mol. The van der Waals surface area contributed by atoms with Crippen LogP contribution in [0.2, 0.25) is 0 Å². The van der Waals surface area contributed by atoms with Crippen LogP contribution < -0.4 is 5.32 Å². The standard InChI is InChI=1S/C16H11N5OS2/c22-16(10-3-4-11-12(8-10)21-24-20-11)19-9-13-15(18-6-5-17-13)14-2-1-7-23-14/h1-8H,9H2,(H,19,22). The molecule has 4 aromatic rings. The van der Waals surface area contributed by atoms with Crippen molar-refractivity contribution in [2.45, 2.75) is 6.54 Å². The van der Waals surface area contributed by atoms with E-state index in [1.165, 1.54) is 0 Å². The summed E-state index contributed by atoms with van der Waals surface area (Å²) in [6.07, 6.45) is 3.29. The van der Waals surface area contributed by atoms with Gasteiger partial charge in [-0.25, -0.2) is 0 Å². The van der Waals surface area contributed by atoms with E-state index in [-0.39, 0.29) is 5.91 Å². The first-order valence-corrected chi connectivity index (χ1v) is 8.76. The molecule has 1 N–H and O–H groups in total. The number of carbonyl (C=O) groups excluding carboxylic acids is 1. The Bertz CT molecular complexity index is 997. The van der Waals surface area contributed by atoms with Crippen LogP contribution in [0.15, 0.2) is 48.1 Å². The van der Waals surface area contributed by atoms with Crippen molar-refractivity contribution in [3.63, 3.8) is 0 Å². The number of nitrogens with one attached hydrogen (secondary N) is 1. The Balaban J connectivity index is 1.53. The molecule has 0 aliphatic rings. The molecule has 118 valence electrons. The lowest BCUT2D eigenvalue weighted by Crippen LogP contribution is -2.23. The Hall–Kier alpha value is -2.71. The zero-order valence-electron chi connectivity index (χ0n) is 12.3. The lowest BCUT2D eigenvalue weighted by Gasteiger charge is -2.08. The molecule has 4 rings (SSSR count). The molecule has 0 spiro atoms. The molecule has 0 radical (unpaired) electrons. The fraction of sp³-hybridized carbons (Fsp3) is 0.0625. The number of carbonyl (C=O) groups is 1. The van der Waals surface area contributed by atoms with Crippen LogP contribution in [-0.4, -0.2) is 24.6 Å². The van der Waals surface area contributed by atoms with E-state index >= 15 is 0 Å². The van der Waals surface area contributed by atoms with Gasteiger partial charge >= 0.3 is 0 Å². The maximum atomic E-state index is 12.4. The van der Waals surface area contributed by atoms with E-state index in [1.807, 2.05) is 17.5 Å². The highest BCUT2D eigenvalue weighted by Gasteiger charge is 2.12. The number of rotatable bonds is 4. The highest BCUT2D eigenvalue weighted by atomic mass is 32.1. The molecule has 24 heavy (non-hydrogen) atoms. The average Bonchev–Trinajstić information content (AvgIpc) is 3.30. The molecule has 3 aromatic heterocycles. The molecule has 0 unspecified atom stereocenters. The molecular formula is C16H11N5OS2. The van der Waals surface area contributed by atoms with Crippen LogP contribution in [0.4, 0.5) is 0 Å². The van der Waals surface area contributed by atoms with Gasteiger partial charge in [-0.3, -0.25) is 14.8 Å². The summed E-state index contributed by atoms with van der Waals surface area (Å²) in [4.78, 5) is 22.1. The monoisotopic (exact) mass is 353 g/mol. The molecule has 0 fully saturated rings. The lowest BCUT2D eigenvalue weighted by atomic mass is 10.2. The number of aromatic nitrogens is 4. The van der Waals surface area contributed by atoms with Gasteiger partial charge in [0.15, 0.2) is 0 Å². The maximum Gasteiger partial charge on any atom is 0.251 e. The summed E-state index contributed by atoms with van der Waals surface area (Å²) in [6.45, 7) is 0.313. The summed E-state index contributed by atoms with van der Waals surface area (Å²) < 4.78 is 8.29. The Morgan fingerprint density at radius 3 is 2.83 bits per heavy atom. The second-order valence-electron chi connectivity index (χ2n) is 4.98. The summed E-state index contributed by atoms with van der Waals surface area (Å²) in [6, 6.07) is 9.24. The van der Waals surface area contributed by atoms with Crippen LogP contribution in [0.5, 0.6) is 0 Å². The predicted octanol–water partition coefficient (Wildman–Crippen LogP) is 3.14. The maximum absolute atomic E-state index is 12.4. The number of nitrogens with zero attached hydrogens (tertiary/aromatic N) is 4. The number of hydrogen-bond acceptors (Lipinski definition) is 7. The van der Waals surface area contributed by atoms with Gasteiger partial charge < -0.3 is 5.32 Å². The molecule has 1 aromatic carbocycles. The van der Waals surface area contributed by atoms with Gasteiger partial charge in [0.25, 0.3) is 5.91 Å². The number of benzene rings is 1. The highest BCUT2D eigenvalue weighted by molar-refractivity contribution is 7.13. The summed E-state index contributed by atoms with van der Waals surface area (Å²) in [5, 5.41) is 4.88. The number of amides is 1. The Labute approximate surface area is 145 Å². The molecule has 6 nitrogen and oxygen atoms in total. The molecule has 0 saturated heterocycles. The third-order valence-corrected chi connectivity index (χ3v) is 4.89. The van der Waals surface area contributed by atoms with E-state index in [9.17, 15) is 4.79 Å². The van der Waals surface area contributed by atoms with Crippen LogP contribution in [0.3, 0.4) is 0 Å². The summed E-state index contributed by atoms with van der Waals surface area (Å²) in [7, 11) is 0. The minimum atomic E-state index is -0.173. The van der Waals surface area contributed by atoms with Crippen molar-refractivity contribution in [1.29, 1.82) is 0 Å². The predicted molar refractivity (Wildman–Crippen MR) is 93.9 cm³/mol. The highest BCUT2D eigenvalue weighted by Crippen LogP contribution is 2.24. The fourth-order valence-corrected chi connectivity index (χ4v) is 3.57. The SMILES string of the molecule is O=C(NCc1nccnc1-c1cccs1)c1ccc2nsnc2c1. The van der Waals surface area contributed by atoms with Crippen molar-refractivity contribution < 1.29 is 4.79 Å². The minimum Gasteiger partial charge on any atom is -0.346 e. The van der Waals surface area contributed by atoms with Crippen LogP contribution >= 0.6 is 23.1 Å². The topological polar surface area (TPSA) is 80.7 Å². The molecular weight excluding hydrogens is 342 g/mol. The largest absolute Gasteiger partial charge is 0.346 e. The van der Waals surface area contributed by atoms with Crippen LogP contribution in [0, 0.1) is 0 Å². The zero-order valence-corrected chi connectivity index (χ0v) is 14.0. The van der Waals surface area contributed by atoms with Gasteiger partial charge in [0, 0.05) is 18.0 Å². The second-order valence-corrected chi connectivity index (χ2v) is 6.46. The molecule has 0 saturated carbocycles. The van der Waals surface area contributed by atoms with E-state index in [0.717, 1.165) is 39.0 Å². The van der Waals surface area contributed by atoms with E-state index < -0.39 is 0 Å². The van der Waals surface area contributed by atoms with Gasteiger partial charge in [-0.05, 0) is 29.6 Å². The lowest BCUT2D eigenvalue weighted by molar-refractivity contribution is 0.0950. The van der Waals surface area contributed by atoms with Crippen molar-refractivity contribution >= 4 is 40.0 Å². The van der Waals surface area contributed by atoms with Gasteiger partial charge in [-0.2, -0.15) is 8.75 Å². The van der Waals surface area contributed by atoms with Crippen LogP contribution in [0.25, 0.3) is 21.6 Å². The van der Waals surface area contributed by atoms with E-state index in [0.29, 0.717) is 12.1 Å². The number of thiophene rings is 1. The molecule has 0 aliphatic heterocycles. The molecule has 8 heteroatoms. The molecule has 1 amide bonds. The molecule has 0 bridgehead atoms. The summed E-state index contributed by atoms with van der Waals surface area (Å²) in [5.41, 5.74) is 3.62. The summed E-state index contributed by atoms with van der Waals surface area (Å²) in [5.74, 6) is -0.173. The van der Waals surface area contributed by atoms with Gasteiger partial charge in [-0.15, -0.1) is 11.3 Å². The Morgan fingerprint density at radius 2 is 1.96 bits per heavy atom. The van der Waals surface area contributed by atoms with Gasteiger partial charge in [-0.1, -0.05) is 6.07 Å². The van der Waals surface area contributed by atoms with Crippen molar-refractivity contribution in [3.8, 4) is 10.6 Å². The van der Waals surface area contributed by atoms with Crippen molar-refractivity contribution in [2.75, 3.05) is 0 Å². The quantitative estimate of drug-likeness (QED) is 0.609.